The number of rotatable bonds is 5. The minimum absolute atomic E-state index is 0.157. The molecule has 1 N–H and O–H groups in total. The minimum Gasteiger partial charge on any atom is -0.493 e. The molecule has 0 spiro atoms. The van der Waals surface area contributed by atoms with Crippen LogP contribution in [0, 0.1) is 5.92 Å². The molecule has 1 fully saturated rings. The van der Waals surface area contributed by atoms with Gasteiger partial charge in [0.05, 0.1) is 6.61 Å². The van der Waals surface area contributed by atoms with Crippen LogP contribution < -0.4 is 10.1 Å². The summed E-state index contributed by atoms with van der Waals surface area (Å²) in [6, 6.07) is 12.8. The summed E-state index contributed by atoms with van der Waals surface area (Å²) < 4.78 is 5.69. The zero-order chi connectivity index (χ0) is 17.2. The van der Waals surface area contributed by atoms with Crippen LogP contribution in [0.4, 0.5) is 5.69 Å². The zero-order valence-corrected chi connectivity index (χ0v) is 14.1. The van der Waals surface area contributed by atoms with Gasteiger partial charge in [0.15, 0.2) is 5.78 Å². The van der Waals surface area contributed by atoms with E-state index in [0.717, 1.165) is 42.0 Å². The lowest BCUT2D eigenvalue weighted by Gasteiger charge is -2.16. The van der Waals surface area contributed by atoms with Crippen LogP contribution in [-0.4, -0.2) is 18.3 Å². The maximum Gasteiger partial charge on any atom is 0.255 e. The number of Topliss-reactive ketones (excluding diaryl/α,β-unsaturated/α-hetero) is 1. The standard InChI is InChI=1S/C21H21NO3/c23-20-3-1-2-16-12-17(8-11-19(16)20)22-21(24)15-6-9-18(10-7-15)25-13-14-4-5-14/h6-12,14H,1-5,13H2,(H,22,24). The molecule has 0 aromatic heterocycles. The number of hydrogen-bond acceptors (Lipinski definition) is 3. The SMILES string of the molecule is O=C(Nc1ccc2c(c1)CCCC2=O)c1ccc(OCC2CC2)cc1. The number of nitrogens with one attached hydrogen (secondary N) is 1. The van der Waals surface area contributed by atoms with Crippen molar-refractivity contribution in [1.29, 1.82) is 0 Å². The Balaban J connectivity index is 1.41. The largest absolute Gasteiger partial charge is 0.493 e. The summed E-state index contributed by atoms with van der Waals surface area (Å²) in [6.45, 7) is 0.763. The maximum absolute atomic E-state index is 12.4. The third-order valence-electron chi connectivity index (χ3n) is 4.81. The molecular formula is C21H21NO3. The Bertz CT molecular complexity index is 806. The molecule has 0 bridgehead atoms. The Morgan fingerprint density at radius 3 is 2.64 bits per heavy atom. The van der Waals surface area contributed by atoms with Crippen molar-refractivity contribution in [3.63, 3.8) is 0 Å². The van der Waals surface area contributed by atoms with E-state index >= 15 is 0 Å². The lowest BCUT2D eigenvalue weighted by Crippen LogP contribution is -2.14. The van der Waals surface area contributed by atoms with Gasteiger partial charge in [0.2, 0.25) is 0 Å². The third kappa shape index (κ3) is 3.73. The van der Waals surface area contributed by atoms with Crippen LogP contribution in [0.3, 0.4) is 0 Å². The molecule has 4 rings (SSSR count). The first-order valence-corrected chi connectivity index (χ1v) is 8.89. The molecule has 0 unspecified atom stereocenters. The number of anilines is 1. The highest BCUT2D eigenvalue weighted by Crippen LogP contribution is 2.29. The van der Waals surface area contributed by atoms with Gasteiger partial charge in [-0.1, -0.05) is 0 Å². The number of carbonyl (C=O) groups excluding carboxylic acids is 2. The summed E-state index contributed by atoms with van der Waals surface area (Å²) >= 11 is 0. The molecule has 0 atom stereocenters. The Morgan fingerprint density at radius 1 is 1.08 bits per heavy atom. The number of aryl methyl sites for hydroxylation is 1. The summed E-state index contributed by atoms with van der Waals surface area (Å²) in [5.41, 5.74) is 3.14. The van der Waals surface area contributed by atoms with Gasteiger partial charge in [-0.3, -0.25) is 9.59 Å². The molecule has 4 nitrogen and oxygen atoms in total. The molecular weight excluding hydrogens is 314 g/mol. The van der Waals surface area contributed by atoms with Crippen LogP contribution in [-0.2, 0) is 6.42 Å². The summed E-state index contributed by atoms with van der Waals surface area (Å²) in [5.74, 6) is 1.55. The van der Waals surface area contributed by atoms with Gasteiger partial charge in [-0.25, -0.2) is 0 Å². The van der Waals surface area contributed by atoms with Crippen LogP contribution in [0.25, 0.3) is 0 Å². The summed E-state index contributed by atoms with van der Waals surface area (Å²) in [5, 5.41) is 2.91. The molecule has 1 amide bonds. The van der Waals surface area contributed by atoms with Crippen molar-refractivity contribution in [2.75, 3.05) is 11.9 Å². The van der Waals surface area contributed by atoms with Crippen molar-refractivity contribution in [3.8, 4) is 5.75 Å². The molecule has 0 radical (unpaired) electrons. The second kappa shape index (κ2) is 6.71. The Kier molecular flexibility index (Phi) is 4.26. The first-order valence-electron chi connectivity index (χ1n) is 8.89. The maximum atomic E-state index is 12.4. The van der Waals surface area contributed by atoms with Gasteiger partial charge >= 0.3 is 0 Å². The van der Waals surface area contributed by atoms with E-state index in [1.165, 1.54) is 12.8 Å². The highest BCUT2D eigenvalue weighted by molar-refractivity contribution is 6.05. The van der Waals surface area contributed by atoms with Crippen molar-refractivity contribution in [1.82, 2.24) is 0 Å². The normalized spacial score (nSPS) is 16.2. The average Bonchev–Trinajstić information content (AvgIpc) is 3.45. The molecule has 4 heteroatoms. The second-order valence-corrected chi connectivity index (χ2v) is 6.88. The molecule has 0 saturated heterocycles. The number of carbonyl (C=O) groups is 2. The summed E-state index contributed by atoms with van der Waals surface area (Å²) in [4.78, 5) is 24.3. The van der Waals surface area contributed by atoms with Crippen molar-refractivity contribution in [2.45, 2.75) is 32.1 Å². The second-order valence-electron chi connectivity index (χ2n) is 6.88. The molecule has 0 heterocycles. The van der Waals surface area contributed by atoms with Crippen LogP contribution in [0.1, 0.15) is 52.0 Å². The van der Waals surface area contributed by atoms with Gasteiger partial charge in [-0.2, -0.15) is 0 Å². The summed E-state index contributed by atoms with van der Waals surface area (Å²) in [6.07, 6.45) is 4.90. The van der Waals surface area contributed by atoms with E-state index in [2.05, 4.69) is 5.32 Å². The molecule has 2 aromatic rings. The lowest BCUT2D eigenvalue weighted by atomic mass is 9.90. The molecule has 2 aromatic carbocycles. The number of fused-ring (bicyclic) bond motifs is 1. The topological polar surface area (TPSA) is 55.4 Å². The van der Waals surface area contributed by atoms with Crippen molar-refractivity contribution in [3.05, 3.63) is 59.2 Å². The van der Waals surface area contributed by atoms with E-state index in [4.69, 9.17) is 4.74 Å². The molecule has 2 aliphatic rings. The number of ketones is 1. The fourth-order valence-electron chi connectivity index (χ4n) is 3.13. The summed E-state index contributed by atoms with van der Waals surface area (Å²) in [7, 11) is 0. The van der Waals surface area contributed by atoms with Crippen molar-refractivity contribution in [2.24, 2.45) is 5.92 Å². The van der Waals surface area contributed by atoms with Crippen LogP contribution in [0.5, 0.6) is 5.75 Å². The van der Waals surface area contributed by atoms with E-state index in [0.29, 0.717) is 17.9 Å². The highest BCUT2D eigenvalue weighted by Gasteiger charge is 2.22. The van der Waals surface area contributed by atoms with Gasteiger partial charge in [0, 0.05) is 23.2 Å². The van der Waals surface area contributed by atoms with Gasteiger partial charge in [0.25, 0.3) is 5.91 Å². The Hall–Kier alpha value is -2.62. The number of hydrogen-bond donors (Lipinski definition) is 1. The third-order valence-corrected chi connectivity index (χ3v) is 4.81. The van der Waals surface area contributed by atoms with E-state index < -0.39 is 0 Å². The quantitative estimate of drug-likeness (QED) is 0.889. The fraction of sp³-hybridized carbons (Fsp3) is 0.333. The number of benzene rings is 2. The predicted octanol–water partition coefficient (Wildman–Crippen LogP) is 4.25. The number of amides is 1. The first-order chi connectivity index (χ1) is 12.2. The molecule has 1 saturated carbocycles. The number of ether oxygens (including phenoxy) is 1. The first kappa shape index (κ1) is 15.9. The smallest absolute Gasteiger partial charge is 0.255 e. The van der Waals surface area contributed by atoms with Gasteiger partial charge in [-0.15, -0.1) is 0 Å². The fourth-order valence-corrected chi connectivity index (χ4v) is 3.13. The van der Waals surface area contributed by atoms with Crippen LogP contribution in [0.2, 0.25) is 0 Å². The van der Waals surface area contributed by atoms with Crippen molar-refractivity contribution >= 4 is 17.4 Å². The zero-order valence-electron chi connectivity index (χ0n) is 14.1. The van der Waals surface area contributed by atoms with Gasteiger partial charge in [0.1, 0.15) is 5.75 Å². The van der Waals surface area contributed by atoms with Gasteiger partial charge in [-0.05, 0) is 79.6 Å². The molecule has 25 heavy (non-hydrogen) atoms. The molecule has 2 aliphatic carbocycles. The van der Waals surface area contributed by atoms with Crippen LogP contribution in [0.15, 0.2) is 42.5 Å². The average molecular weight is 335 g/mol. The monoisotopic (exact) mass is 335 g/mol. The molecule has 128 valence electrons. The predicted molar refractivity (Wildman–Crippen MR) is 96.3 cm³/mol. The molecule has 0 aliphatic heterocycles. The Morgan fingerprint density at radius 2 is 1.88 bits per heavy atom. The van der Waals surface area contributed by atoms with E-state index in [1.54, 1.807) is 18.2 Å². The van der Waals surface area contributed by atoms with E-state index in [-0.39, 0.29) is 11.7 Å². The van der Waals surface area contributed by atoms with E-state index in [1.807, 2.05) is 24.3 Å². The minimum atomic E-state index is -0.157. The van der Waals surface area contributed by atoms with Crippen LogP contribution >= 0.6 is 0 Å². The van der Waals surface area contributed by atoms with E-state index in [9.17, 15) is 9.59 Å². The van der Waals surface area contributed by atoms with Crippen molar-refractivity contribution < 1.29 is 14.3 Å². The van der Waals surface area contributed by atoms with Gasteiger partial charge < -0.3 is 10.1 Å². The highest BCUT2D eigenvalue weighted by atomic mass is 16.5. The Labute approximate surface area is 147 Å². The lowest BCUT2D eigenvalue weighted by molar-refractivity contribution is 0.0971.